The van der Waals surface area contributed by atoms with E-state index in [0.717, 1.165) is 12.0 Å². The first-order chi connectivity index (χ1) is 8.81. The van der Waals surface area contributed by atoms with E-state index in [1.807, 2.05) is 54.6 Å². The summed E-state index contributed by atoms with van der Waals surface area (Å²) in [7, 11) is 0. The van der Waals surface area contributed by atoms with Crippen LogP contribution in [0.5, 0.6) is 0 Å². The summed E-state index contributed by atoms with van der Waals surface area (Å²) in [6.45, 7) is 8.17. The van der Waals surface area contributed by atoms with Gasteiger partial charge in [-0.1, -0.05) is 19.9 Å². The molecule has 1 rings (SSSR count). The van der Waals surface area contributed by atoms with Gasteiger partial charge in [0.2, 0.25) is 0 Å². The molecule has 0 bridgehead atoms. The average molecular weight is 375 g/mol. The van der Waals surface area contributed by atoms with Crippen LogP contribution in [0.3, 0.4) is 0 Å². The predicted molar refractivity (Wildman–Crippen MR) is 86.7 cm³/mol. The predicted octanol–water partition coefficient (Wildman–Crippen LogP) is 3.20. The van der Waals surface area contributed by atoms with E-state index in [-0.39, 0.29) is 11.9 Å². The van der Waals surface area contributed by atoms with E-state index in [2.05, 4.69) is 19.2 Å². The fraction of sp³-hybridized carbons (Fsp3) is 0.533. The summed E-state index contributed by atoms with van der Waals surface area (Å²) in [4.78, 5) is 12.2. The maximum atomic E-state index is 12.2. The van der Waals surface area contributed by atoms with Gasteiger partial charge in [-0.05, 0) is 72.0 Å². The van der Waals surface area contributed by atoms with Gasteiger partial charge in [-0.25, -0.2) is 0 Å². The summed E-state index contributed by atoms with van der Waals surface area (Å²) in [5.74, 6) is 0.305. The van der Waals surface area contributed by atoms with Crippen LogP contribution < -0.4 is 5.32 Å². The first-order valence-corrected chi connectivity index (χ1v) is 7.76. The van der Waals surface area contributed by atoms with Crippen LogP contribution in [0.15, 0.2) is 18.2 Å². The minimum atomic E-state index is -0.574. The van der Waals surface area contributed by atoms with Crippen LogP contribution in [-0.2, 0) is 0 Å². The molecule has 0 fully saturated rings. The van der Waals surface area contributed by atoms with Crippen molar-refractivity contribution in [2.45, 2.75) is 44.3 Å². The zero-order valence-electron chi connectivity index (χ0n) is 11.9. The van der Waals surface area contributed by atoms with Crippen molar-refractivity contribution < 1.29 is 9.90 Å². The number of aliphatic hydroxyl groups is 1. The standard InChI is InChI=1S/C15H22INO2/c1-9(2)7-13(14(16)18)17-15(19)12-6-5-10(3)11(4)8-12/h5-6,8-9,13-14,18H,7H2,1-4H3,(H,17,19). The number of benzene rings is 1. The highest BCUT2D eigenvalue weighted by molar-refractivity contribution is 14.1. The Morgan fingerprint density at radius 1 is 1.32 bits per heavy atom. The quantitative estimate of drug-likeness (QED) is 0.614. The van der Waals surface area contributed by atoms with E-state index < -0.39 is 4.11 Å². The molecule has 0 saturated carbocycles. The summed E-state index contributed by atoms with van der Waals surface area (Å²) < 4.78 is -0.574. The number of carbonyl (C=O) groups excluding carboxylic acids is 1. The number of aryl methyl sites for hydroxylation is 2. The van der Waals surface area contributed by atoms with Gasteiger partial charge in [-0.3, -0.25) is 4.79 Å². The van der Waals surface area contributed by atoms with Gasteiger partial charge < -0.3 is 10.4 Å². The third-order valence-corrected chi connectivity index (χ3v) is 4.01. The van der Waals surface area contributed by atoms with Crippen LogP contribution in [0, 0.1) is 19.8 Å². The topological polar surface area (TPSA) is 49.3 Å². The smallest absolute Gasteiger partial charge is 0.251 e. The number of aliphatic hydroxyl groups excluding tert-OH is 1. The van der Waals surface area contributed by atoms with Crippen molar-refractivity contribution in [1.82, 2.24) is 5.32 Å². The lowest BCUT2D eigenvalue weighted by molar-refractivity contribution is 0.0901. The van der Waals surface area contributed by atoms with E-state index in [0.29, 0.717) is 11.5 Å². The van der Waals surface area contributed by atoms with E-state index in [1.54, 1.807) is 0 Å². The van der Waals surface area contributed by atoms with Gasteiger partial charge in [0.05, 0.1) is 6.04 Å². The minimum Gasteiger partial charge on any atom is -0.381 e. The Kier molecular flexibility index (Phi) is 6.26. The van der Waals surface area contributed by atoms with E-state index >= 15 is 0 Å². The van der Waals surface area contributed by atoms with Gasteiger partial charge in [0, 0.05) is 5.56 Å². The number of carbonyl (C=O) groups is 1. The van der Waals surface area contributed by atoms with Crippen molar-refractivity contribution >= 4 is 28.5 Å². The molecule has 4 heteroatoms. The van der Waals surface area contributed by atoms with Crippen molar-refractivity contribution in [2.75, 3.05) is 0 Å². The molecule has 0 radical (unpaired) electrons. The number of hydrogen-bond acceptors (Lipinski definition) is 2. The van der Waals surface area contributed by atoms with Crippen LogP contribution in [-0.4, -0.2) is 21.2 Å². The highest BCUT2D eigenvalue weighted by atomic mass is 127. The highest BCUT2D eigenvalue weighted by Crippen LogP contribution is 2.15. The molecule has 0 aromatic heterocycles. The Bertz CT molecular complexity index is 444. The SMILES string of the molecule is Cc1ccc(C(=O)NC(CC(C)C)C(O)I)cc1C. The van der Waals surface area contributed by atoms with Crippen molar-refractivity contribution in [3.63, 3.8) is 0 Å². The maximum absolute atomic E-state index is 12.2. The molecular weight excluding hydrogens is 353 g/mol. The van der Waals surface area contributed by atoms with Crippen molar-refractivity contribution in [1.29, 1.82) is 0 Å². The molecule has 1 amide bonds. The number of alkyl halides is 1. The summed E-state index contributed by atoms with van der Waals surface area (Å²) in [5.41, 5.74) is 2.92. The van der Waals surface area contributed by atoms with Crippen LogP contribution in [0.1, 0.15) is 41.8 Å². The third kappa shape index (κ3) is 5.10. The molecule has 0 aliphatic carbocycles. The Labute approximate surface area is 128 Å². The van der Waals surface area contributed by atoms with E-state index in [4.69, 9.17) is 0 Å². The molecule has 0 aliphatic rings. The molecule has 2 atom stereocenters. The lowest BCUT2D eigenvalue weighted by Crippen LogP contribution is -2.41. The number of rotatable bonds is 5. The van der Waals surface area contributed by atoms with Gasteiger partial charge in [0.1, 0.15) is 4.11 Å². The molecule has 0 spiro atoms. The zero-order valence-corrected chi connectivity index (χ0v) is 14.1. The fourth-order valence-corrected chi connectivity index (χ4v) is 2.36. The lowest BCUT2D eigenvalue weighted by Gasteiger charge is -2.22. The molecular formula is C15H22INO2. The largest absolute Gasteiger partial charge is 0.381 e. The second-order valence-electron chi connectivity index (χ2n) is 5.38. The normalized spacial score (nSPS) is 14.3. The van der Waals surface area contributed by atoms with Gasteiger partial charge in [-0.15, -0.1) is 0 Å². The summed E-state index contributed by atoms with van der Waals surface area (Å²) in [6.07, 6.45) is 0.765. The number of nitrogens with one attached hydrogen (secondary N) is 1. The van der Waals surface area contributed by atoms with Crippen molar-refractivity contribution in [2.24, 2.45) is 5.92 Å². The molecule has 2 N–H and O–H groups in total. The Morgan fingerprint density at radius 3 is 2.42 bits per heavy atom. The molecule has 2 unspecified atom stereocenters. The fourth-order valence-electron chi connectivity index (χ4n) is 1.88. The third-order valence-electron chi connectivity index (χ3n) is 3.14. The lowest BCUT2D eigenvalue weighted by atomic mass is 10.0. The van der Waals surface area contributed by atoms with Gasteiger partial charge in [0.15, 0.2) is 0 Å². The van der Waals surface area contributed by atoms with Crippen molar-refractivity contribution in [3.8, 4) is 0 Å². The number of halogens is 1. The molecule has 1 aromatic carbocycles. The second kappa shape index (κ2) is 7.24. The minimum absolute atomic E-state index is 0.121. The number of amides is 1. The van der Waals surface area contributed by atoms with E-state index in [9.17, 15) is 9.90 Å². The molecule has 0 aliphatic heterocycles. The number of hydrogen-bond donors (Lipinski definition) is 2. The average Bonchev–Trinajstić information content (AvgIpc) is 2.31. The van der Waals surface area contributed by atoms with Gasteiger partial charge in [0.25, 0.3) is 5.91 Å². The summed E-state index contributed by atoms with van der Waals surface area (Å²) >= 11 is 1.94. The molecule has 0 saturated heterocycles. The zero-order chi connectivity index (χ0) is 14.6. The van der Waals surface area contributed by atoms with Crippen LogP contribution in [0.25, 0.3) is 0 Å². The van der Waals surface area contributed by atoms with Crippen LogP contribution in [0.4, 0.5) is 0 Å². The molecule has 106 valence electrons. The van der Waals surface area contributed by atoms with Crippen LogP contribution in [0.2, 0.25) is 0 Å². The van der Waals surface area contributed by atoms with Crippen LogP contribution >= 0.6 is 22.6 Å². The Morgan fingerprint density at radius 2 is 1.95 bits per heavy atom. The first kappa shape index (κ1) is 16.4. The monoisotopic (exact) mass is 375 g/mol. The molecule has 1 aromatic rings. The maximum Gasteiger partial charge on any atom is 0.251 e. The van der Waals surface area contributed by atoms with E-state index in [1.165, 1.54) is 5.56 Å². The summed E-state index contributed by atoms with van der Waals surface area (Å²) in [5, 5.41) is 12.6. The molecule has 0 heterocycles. The molecule has 19 heavy (non-hydrogen) atoms. The Hall–Kier alpha value is -0.620. The first-order valence-electron chi connectivity index (χ1n) is 6.51. The molecule has 3 nitrogen and oxygen atoms in total. The highest BCUT2D eigenvalue weighted by Gasteiger charge is 2.20. The van der Waals surface area contributed by atoms with Gasteiger partial charge in [-0.2, -0.15) is 0 Å². The van der Waals surface area contributed by atoms with Crippen molar-refractivity contribution in [3.05, 3.63) is 34.9 Å². The van der Waals surface area contributed by atoms with Gasteiger partial charge >= 0.3 is 0 Å². The second-order valence-corrected chi connectivity index (χ2v) is 6.66. The Balaban J connectivity index is 2.78. The summed E-state index contributed by atoms with van der Waals surface area (Å²) in [6, 6.07) is 5.44.